The van der Waals surface area contributed by atoms with Crippen LogP contribution < -0.4 is 10.2 Å². The second-order valence-electron chi connectivity index (χ2n) is 7.63. The first-order chi connectivity index (χ1) is 14.0. The first-order valence-corrected chi connectivity index (χ1v) is 10.3. The van der Waals surface area contributed by atoms with E-state index in [1.165, 1.54) is 29.7 Å². The number of nitrogens with one attached hydrogen (secondary N) is 2. The molecule has 3 N–H and O–H groups in total. The Labute approximate surface area is 169 Å². The number of H-pyrrole nitrogens is 1. The van der Waals surface area contributed by atoms with Crippen LogP contribution in [0.25, 0.3) is 21.7 Å². The number of hydrogen-bond donors (Lipinski definition) is 3. The molecule has 29 heavy (non-hydrogen) atoms. The zero-order valence-electron chi connectivity index (χ0n) is 15.6. The number of aromatic nitrogens is 4. The van der Waals surface area contributed by atoms with Crippen LogP contribution in [0.1, 0.15) is 19.3 Å². The Morgan fingerprint density at radius 3 is 2.90 bits per heavy atom. The monoisotopic (exact) mass is 418 g/mol. The van der Waals surface area contributed by atoms with Crippen molar-refractivity contribution < 1.29 is 13.9 Å². The fourth-order valence-corrected chi connectivity index (χ4v) is 5.20. The predicted octanol–water partition coefficient (Wildman–Crippen LogP) is 3.11. The summed E-state index contributed by atoms with van der Waals surface area (Å²) < 4.78 is 29.5. The van der Waals surface area contributed by atoms with E-state index in [2.05, 4.69) is 25.7 Å². The van der Waals surface area contributed by atoms with E-state index in [-0.39, 0.29) is 29.0 Å². The van der Waals surface area contributed by atoms with E-state index < -0.39 is 12.0 Å². The van der Waals surface area contributed by atoms with Gasteiger partial charge in [0.2, 0.25) is 5.13 Å². The fourth-order valence-electron chi connectivity index (χ4n) is 4.31. The minimum Gasteiger partial charge on any atom is -0.507 e. The number of piperidine rings is 1. The van der Waals surface area contributed by atoms with E-state index in [1.807, 2.05) is 11.9 Å². The topological polar surface area (TPSA) is 90.0 Å². The number of aromatic hydroxyl groups is 1. The molecule has 0 spiro atoms. The number of benzene rings is 1. The van der Waals surface area contributed by atoms with Gasteiger partial charge in [0.15, 0.2) is 5.01 Å². The molecule has 2 aromatic heterocycles. The Hall–Kier alpha value is -2.59. The number of anilines is 1. The standard InChI is InChI=1S/C19H20F2N6OS/c1-27(15-4-10-2-3-14(24-10)17(15)21)19-26-25-18(29-19)12-5-13(20)11(6-16(12)28)9-7-22-23-8-9/h5-8,10,14-15,17,24,28H,2-4H2,1H3,(H,22,23)/t10-,14+,15-,17+/m1/s1. The summed E-state index contributed by atoms with van der Waals surface area (Å²) in [5, 5.41) is 29.4. The quantitative estimate of drug-likeness (QED) is 0.603. The van der Waals surface area contributed by atoms with Crippen molar-refractivity contribution in [3.8, 4) is 27.4 Å². The number of halogens is 2. The van der Waals surface area contributed by atoms with Crippen molar-refractivity contribution in [2.75, 3.05) is 11.9 Å². The van der Waals surface area contributed by atoms with Gasteiger partial charge < -0.3 is 15.3 Å². The number of aromatic amines is 1. The maximum atomic E-state index is 14.9. The molecule has 2 bridgehead atoms. The molecule has 3 aromatic rings. The van der Waals surface area contributed by atoms with E-state index in [9.17, 15) is 13.9 Å². The Balaban J connectivity index is 1.42. The summed E-state index contributed by atoms with van der Waals surface area (Å²) in [5.41, 5.74) is 1.04. The van der Waals surface area contributed by atoms with Gasteiger partial charge in [0.1, 0.15) is 17.7 Å². The molecule has 5 rings (SSSR count). The lowest BCUT2D eigenvalue weighted by Gasteiger charge is -2.38. The number of alkyl halides is 1. The number of nitrogens with zero attached hydrogens (tertiary/aromatic N) is 4. The minimum absolute atomic E-state index is 0.101. The molecule has 0 unspecified atom stereocenters. The molecule has 7 nitrogen and oxygen atoms in total. The van der Waals surface area contributed by atoms with Crippen LogP contribution in [0.5, 0.6) is 5.75 Å². The summed E-state index contributed by atoms with van der Waals surface area (Å²) in [6.07, 6.45) is 4.61. The SMILES string of the molecule is CN(c1nnc(-c2cc(F)c(-c3cn[nH]c3)cc2O)s1)[C@@H]1C[C@H]2CC[C@H](N2)[C@@H]1F. The molecule has 2 saturated heterocycles. The Bertz CT molecular complexity index is 1030. The van der Waals surface area contributed by atoms with Crippen LogP contribution in [-0.2, 0) is 0 Å². The molecular weight excluding hydrogens is 398 g/mol. The van der Waals surface area contributed by atoms with Gasteiger partial charge in [-0.3, -0.25) is 5.10 Å². The zero-order chi connectivity index (χ0) is 20.1. The lowest BCUT2D eigenvalue weighted by molar-refractivity contribution is 0.176. The highest BCUT2D eigenvalue weighted by Gasteiger charge is 2.44. The van der Waals surface area contributed by atoms with Crippen LogP contribution in [0, 0.1) is 5.82 Å². The van der Waals surface area contributed by atoms with Crippen molar-refractivity contribution in [1.82, 2.24) is 25.7 Å². The van der Waals surface area contributed by atoms with Crippen LogP contribution in [-0.4, -0.2) is 56.8 Å². The molecule has 4 heterocycles. The maximum Gasteiger partial charge on any atom is 0.208 e. The molecule has 0 amide bonds. The highest BCUT2D eigenvalue weighted by Crippen LogP contribution is 2.40. The number of fused-ring (bicyclic) bond motifs is 2. The third-order valence-electron chi connectivity index (χ3n) is 5.89. The molecule has 1 aromatic carbocycles. The molecule has 10 heteroatoms. The highest BCUT2D eigenvalue weighted by molar-refractivity contribution is 7.18. The molecule has 0 radical (unpaired) electrons. The van der Waals surface area contributed by atoms with Crippen LogP contribution in [0.2, 0.25) is 0 Å². The largest absolute Gasteiger partial charge is 0.507 e. The Morgan fingerprint density at radius 1 is 1.24 bits per heavy atom. The van der Waals surface area contributed by atoms with Crippen LogP contribution in [0.15, 0.2) is 24.5 Å². The van der Waals surface area contributed by atoms with Gasteiger partial charge in [0.05, 0.1) is 17.8 Å². The van der Waals surface area contributed by atoms with Crippen molar-refractivity contribution >= 4 is 16.5 Å². The summed E-state index contributed by atoms with van der Waals surface area (Å²) in [4.78, 5) is 1.82. The predicted molar refractivity (Wildman–Crippen MR) is 106 cm³/mol. The van der Waals surface area contributed by atoms with Gasteiger partial charge >= 0.3 is 0 Å². The van der Waals surface area contributed by atoms with Crippen LogP contribution >= 0.6 is 11.3 Å². The average Bonchev–Trinajstić information content (AvgIpc) is 3.46. The lowest BCUT2D eigenvalue weighted by atomic mass is 9.97. The smallest absolute Gasteiger partial charge is 0.208 e. The van der Waals surface area contributed by atoms with Crippen molar-refractivity contribution in [2.45, 2.75) is 43.6 Å². The van der Waals surface area contributed by atoms with Gasteiger partial charge in [0.25, 0.3) is 0 Å². The van der Waals surface area contributed by atoms with Gasteiger partial charge in [-0.25, -0.2) is 8.78 Å². The summed E-state index contributed by atoms with van der Waals surface area (Å²) in [6.45, 7) is 0. The van der Waals surface area contributed by atoms with Crippen molar-refractivity contribution in [2.24, 2.45) is 0 Å². The van der Waals surface area contributed by atoms with Gasteiger partial charge in [-0.2, -0.15) is 5.10 Å². The third kappa shape index (κ3) is 3.16. The maximum absolute atomic E-state index is 14.9. The van der Waals surface area contributed by atoms with E-state index in [0.717, 1.165) is 12.8 Å². The van der Waals surface area contributed by atoms with E-state index in [0.29, 0.717) is 28.2 Å². The lowest BCUT2D eigenvalue weighted by Crippen LogP contribution is -2.55. The fraction of sp³-hybridized carbons (Fsp3) is 0.421. The van der Waals surface area contributed by atoms with Gasteiger partial charge in [-0.15, -0.1) is 10.2 Å². The van der Waals surface area contributed by atoms with Crippen molar-refractivity contribution in [3.05, 3.63) is 30.3 Å². The van der Waals surface area contributed by atoms with Crippen molar-refractivity contribution in [1.29, 1.82) is 0 Å². The zero-order valence-corrected chi connectivity index (χ0v) is 16.5. The van der Waals surface area contributed by atoms with Gasteiger partial charge in [0, 0.05) is 36.5 Å². The minimum atomic E-state index is -0.980. The normalized spacial score (nSPS) is 26.0. The van der Waals surface area contributed by atoms with Crippen LogP contribution in [0.3, 0.4) is 0 Å². The number of phenolic OH excluding ortho intramolecular Hbond substituents is 1. The first kappa shape index (κ1) is 18.4. The first-order valence-electron chi connectivity index (χ1n) is 9.49. The molecule has 152 valence electrons. The molecular formula is C19H20F2N6OS. The second kappa shape index (κ2) is 7.03. The van der Waals surface area contributed by atoms with Gasteiger partial charge in [-0.1, -0.05) is 11.3 Å². The molecule has 0 aliphatic carbocycles. The van der Waals surface area contributed by atoms with E-state index >= 15 is 0 Å². The van der Waals surface area contributed by atoms with Crippen molar-refractivity contribution in [3.63, 3.8) is 0 Å². The highest BCUT2D eigenvalue weighted by atomic mass is 32.1. The molecule has 4 atom stereocenters. The Morgan fingerprint density at radius 2 is 2.10 bits per heavy atom. The Kier molecular flexibility index (Phi) is 4.47. The molecule has 0 saturated carbocycles. The summed E-state index contributed by atoms with van der Waals surface area (Å²) in [6, 6.07) is 2.54. The molecule has 2 aliphatic heterocycles. The number of hydrogen-bond acceptors (Lipinski definition) is 7. The van der Waals surface area contributed by atoms with Gasteiger partial charge in [-0.05, 0) is 31.4 Å². The summed E-state index contributed by atoms with van der Waals surface area (Å²) in [7, 11) is 1.81. The molecule has 2 fully saturated rings. The summed E-state index contributed by atoms with van der Waals surface area (Å²) in [5.74, 6) is -0.598. The van der Waals surface area contributed by atoms with E-state index in [4.69, 9.17) is 0 Å². The summed E-state index contributed by atoms with van der Waals surface area (Å²) >= 11 is 1.21. The third-order valence-corrected chi connectivity index (χ3v) is 6.94. The number of rotatable bonds is 4. The van der Waals surface area contributed by atoms with Crippen LogP contribution in [0.4, 0.5) is 13.9 Å². The molecule has 2 aliphatic rings. The second-order valence-corrected chi connectivity index (χ2v) is 8.59. The number of phenols is 1. The van der Waals surface area contributed by atoms with E-state index in [1.54, 1.807) is 6.20 Å². The average molecular weight is 418 g/mol.